The first kappa shape index (κ1) is 8.81. The van der Waals surface area contributed by atoms with Gasteiger partial charge in [0.05, 0.1) is 5.29 Å². The lowest BCUT2D eigenvalue weighted by atomic mass is 10.2. The van der Waals surface area contributed by atoms with E-state index in [-0.39, 0.29) is 0 Å². The SMILES string of the molecule is NC1(N)CCCC[Si]1(Cl)Cl. The summed E-state index contributed by atoms with van der Waals surface area (Å²) in [4.78, 5) is 0. The minimum atomic E-state index is -2.32. The predicted molar refractivity (Wildman–Crippen MR) is 47.2 cm³/mol. The summed E-state index contributed by atoms with van der Waals surface area (Å²) < 4.78 is 0. The van der Waals surface area contributed by atoms with Gasteiger partial charge in [0.2, 0.25) is 0 Å². The minimum Gasteiger partial charge on any atom is -0.314 e. The molecule has 1 heterocycles. The Labute approximate surface area is 71.3 Å². The molecule has 0 saturated carbocycles. The van der Waals surface area contributed by atoms with E-state index >= 15 is 0 Å². The van der Waals surface area contributed by atoms with Crippen LogP contribution in [0.3, 0.4) is 0 Å². The summed E-state index contributed by atoms with van der Waals surface area (Å²) in [6, 6.07) is 0.836. The Bertz CT molecular complexity index is 122. The van der Waals surface area contributed by atoms with Crippen molar-refractivity contribution in [3.05, 3.63) is 0 Å². The first-order chi connectivity index (χ1) is 4.46. The number of hydrogen-bond donors (Lipinski definition) is 2. The second-order valence-electron chi connectivity index (χ2n) is 2.95. The molecule has 2 nitrogen and oxygen atoms in total. The zero-order valence-electron chi connectivity index (χ0n) is 5.74. The van der Waals surface area contributed by atoms with Crippen molar-refractivity contribution in [2.45, 2.75) is 30.6 Å². The molecule has 1 saturated heterocycles. The average molecular weight is 199 g/mol. The monoisotopic (exact) mass is 198 g/mol. The van der Waals surface area contributed by atoms with Crippen molar-refractivity contribution < 1.29 is 0 Å². The zero-order chi connectivity index (χ0) is 7.83. The summed E-state index contributed by atoms with van der Waals surface area (Å²) in [6.45, 7) is -2.32. The van der Waals surface area contributed by atoms with Gasteiger partial charge in [0.1, 0.15) is 0 Å². The van der Waals surface area contributed by atoms with Gasteiger partial charge in [0, 0.05) is 0 Å². The number of hydrogen-bond acceptors (Lipinski definition) is 2. The molecule has 0 aromatic rings. The van der Waals surface area contributed by atoms with Crippen molar-refractivity contribution in [1.29, 1.82) is 0 Å². The molecule has 0 unspecified atom stereocenters. The van der Waals surface area contributed by atoms with Crippen molar-refractivity contribution in [1.82, 2.24) is 0 Å². The topological polar surface area (TPSA) is 52.0 Å². The van der Waals surface area contributed by atoms with Crippen molar-refractivity contribution in [3.63, 3.8) is 0 Å². The van der Waals surface area contributed by atoms with Gasteiger partial charge in [0.25, 0.3) is 6.69 Å². The fourth-order valence-corrected chi connectivity index (χ4v) is 4.25. The van der Waals surface area contributed by atoms with Gasteiger partial charge in [-0.05, 0) is 12.5 Å². The molecular formula is C5H12Cl2N2Si. The van der Waals surface area contributed by atoms with E-state index in [9.17, 15) is 0 Å². The van der Waals surface area contributed by atoms with Gasteiger partial charge in [-0.3, -0.25) is 0 Å². The van der Waals surface area contributed by atoms with E-state index in [1.807, 2.05) is 0 Å². The number of halogens is 2. The van der Waals surface area contributed by atoms with E-state index in [0.717, 1.165) is 25.3 Å². The summed E-state index contributed by atoms with van der Waals surface area (Å²) in [5.74, 6) is 0. The Kier molecular flexibility index (Phi) is 2.33. The molecule has 60 valence electrons. The van der Waals surface area contributed by atoms with Gasteiger partial charge in [-0.1, -0.05) is 12.8 Å². The van der Waals surface area contributed by atoms with Crippen LogP contribution in [0.2, 0.25) is 6.04 Å². The maximum atomic E-state index is 6.02. The highest BCUT2D eigenvalue weighted by Gasteiger charge is 2.48. The normalized spacial score (nSPS) is 30.0. The van der Waals surface area contributed by atoms with Crippen LogP contribution in [0.4, 0.5) is 0 Å². The smallest absolute Gasteiger partial charge is 0.284 e. The van der Waals surface area contributed by atoms with E-state index in [1.54, 1.807) is 0 Å². The van der Waals surface area contributed by atoms with Gasteiger partial charge in [0.15, 0.2) is 0 Å². The molecule has 0 amide bonds. The molecule has 10 heavy (non-hydrogen) atoms. The molecule has 1 rings (SSSR count). The molecule has 1 aliphatic rings. The Morgan fingerprint density at radius 1 is 1.20 bits per heavy atom. The maximum Gasteiger partial charge on any atom is 0.284 e. The van der Waals surface area contributed by atoms with Crippen LogP contribution >= 0.6 is 22.2 Å². The fraction of sp³-hybridized carbons (Fsp3) is 1.00. The van der Waals surface area contributed by atoms with Crippen LogP contribution in [0, 0.1) is 0 Å². The summed E-state index contributed by atoms with van der Waals surface area (Å²) >= 11 is 12.0. The van der Waals surface area contributed by atoms with Crippen LogP contribution in [-0.2, 0) is 0 Å². The molecule has 5 heteroatoms. The first-order valence-electron chi connectivity index (χ1n) is 3.41. The van der Waals surface area contributed by atoms with Crippen LogP contribution in [0.25, 0.3) is 0 Å². The lowest BCUT2D eigenvalue weighted by Gasteiger charge is -2.38. The second-order valence-corrected chi connectivity index (χ2v) is 10.2. The molecule has 0 atom stereocenters. The van der Waals surface area contributed by atoms with Crippen LogP contribution in [0.1, 0.15) is 19.3 Å². The summed E-state index contributed by atoms with van der Waals surface area (Å²) in [7, 11) is 0. The van der Waals surface area contributed by atoms with Crippen LogP contribution in [0.5, 0.6) is 0 Å². The van der Waals surface area contributed by atoms with Gasteiger partial charge in [-0.15, -0.1) is 22.2 Å². The van der Waals surface area contributed by atoms with E-state index in [2.05, 4.69) is 0 Å². The standard InChI is InChI=1S/C5H12Cl2N2Si/c6-10(7)4-2-1-3-5(10,8)9/h1-4,8-9H2. The van der Waals surface area contributed by atoms with E-state index in [1.165, 1.54) is 0 Å². The van der Waals surface area contributed by atoms with E-state index in [4.69, 9.17) is 33.6 Å². The van der Waals surface area contributed by atoms with Crippen molar-refractivity contribution >= 4 is 28.9 Å². The van der Waals surface area contributed by atoms with Gasteiger partial charge in [-0.25, -0.2) is 0 Å². The molecule has 1 aliphatic heterocycles. The lowest BCUT2D eigenvalue weighted by Crippen LogP contribution is -2.66. The van der Waals surface area contributed by atoms with Crippen molar-refractivity contribution in [2.24, 2.45) is 11.5 Å². The second kappa shape index (κ2) is 2.64. The summed E-state index contributed by atoms with van der Waals surface area (Å²) in [5.41, 5.74) is 11.5. The van der Waals surface area contributed by atoms with Gasteiger partial charge in [-0.2, -0.15) is 0 Å². The summed E-state index contributed by atoms with van der Waals surface area (Å²) in [5, 5.41) is -0.756. The van der Waals surface area contributed by atoms with Crippen LogP contribution < -0.4 is 11.5 Å². The van der Waals surface area contributed by atoms with Gasteiger partial charge < -0.3 is 11.5 Å². The highest BCUT2D eigenvalue weighted by Crippen LogP contribution is 2.37. The molecule has 1 fully saturated rings. The minimum absolute atomic E-state index is 0.756. The summed E-state index contributed by atoms with van der Waals surface area (Å²) in [6.07, 6.45) is 2.91. The zero-order valence-corrected chi connectivity index (χ0v) is 8.25. The third-order valence-corrected chi connectivity index (χ3v) is 7.85. The lowest BCUT2D eigenvalue weighted by molar-refractivity contribution is 0.495. The first-order valence-corrected chi connectivity index (χ1v) is 7.64. The Balaban J connectivity index is 2.70. The highest BCUT2D eigenvalue weighted by atomic mass is 35.7. The Morgan fingerprint density at radius 2 is 1.80 bits per heavy atom. The molecule has 4 N–H and O–H groups in total. The van der Waals surface area contributed by atoms with E-state index in [0.29, 0.717) is 0 Å². The fourth-order valence-electron chi connectivity index (χ4n) is 1.18. The largest absolute Gasteiger partial charge is 0.314 e. The van der Waals surface area contributed by atoms with Crippen molar-refractivity contribution in [2.75, 3.05) is 0 Å². The third kappa shape index (κ3) is 1.48. The predicted octanol–water partition coefficient (Wildman–Crippen LogP) is 1.24. The Hall–Kier alpha value is 0.717. The molecule has 0 aromatic heterocycles. The molecule has 0 aliphatic carbocycles. The maximum absolute atomic E-state index is 6.02. The number of rotatable bonds is 0. The molecule has 0 spiro atoms. The molecule has 0 radical (unpaired) electrons. The Morgan fingerprint density at radius 3 is 2.10 bits per heavy atom. The van der Waals surface area contributed by atoms with Crippen molar-refractivity contribution in [3.8, 4) is 0 Å². The molecule has 0 aromatic carbocycles. The van der Waals surface area contributed by atoms with Crippen LogP contribution in [-0.4, -0.2) is 12.0 Å². The highest BCUT2D eigenvalue weighted by molar-refractivity contribution is 7.46. The van der Waals surface area contributed by atoms with E-state index < -0.39 is 12.0 Å². The average Bonchev–Trinajstić information content (AvgIpc) is 1.77. The third-order valence-electron chi connectivity index (χ3n) is 2.01. The molecule has 0 bridgehead atoms. The number of nitrogens with two attached hydrogens (primary N) is 2. The molecular weight excluding hydrogens is 187 g/mol. The van der Waals surface area contributed by atoms with Crippen LogP contribution in [0.15, 0.2) is 0 Å². The van der Waals surface area contributed by atoms with Gasteiger partial charge >= 0.3 is 0 Å². The quantitative estimate of drug-likeness (QED) is 0.350.